The van der Waals surface area contributed by atoms with E-state index in [1.54, 1.807) is 6.08 Å². The second-order valence-electron chi connectivity index (χ2n) is 3.58. The van der Waals surface area contributed by atoms with Crippen LogP contribution in [0.3, 0.4) is 0 Å². The molecule has 0 spiro atoms. The summed E-state index contributed by atoms with van der Waals surface area (Å²) in [4.78, 5) is 11.3. The van der Waals surface area contributed by atoms with Crippen LogP contribution in [0, 0.1) is 11.6 Å². The van der Waals surface area contributed by atoms with Gasteiger partial charge in [-0.3, -0.25) is 0 Å². The number of halogens is 2. The number of anilines is 1. The molecule has 0 radical (unpaired) electrons. The first kappa shape index (κ1) is 14.2. The summed E-state index contributed by atoms with van der Waals surface area (Å²) in [5.74, 6) is -1.70. The lowest BCUT2D eigenvalue weighted by atomic mass is 10.2. The fraction of sp³-hybridized carbons (Fsp3) is 0.308. The van der Waals surface area contributed by atoms with Gasteiger partial charge in [0.15, 0.2) is 0 Å². The molecule has 1 aromatic carbocycles. The summed E-state index contributed by atoms with van der Waals surface area (Å²) in [6, 6.07) is 3.27. The molecule has 18 heavy (non-hydrogen) atoms. The van der Waals surface area contributed by atoms with Crippen molar-refractivity contribution in [2.24, 2.45) is 0 Å². The van der Waals surface area contributed by atoms with Crippen LogP contribution in [0.1, 0.15) is 13.3 Å². The van der Waals surface area contributed by atoms with Gasteiger partial charge in [0.05, 0.1) is 12.8 Å². The molecule has 1 aromatic rings. The SMILES string of the molecule is CC/C(=C/CNc1ccc(F)cc1F)C(=O)OC. The first-order valence-electron chi connectivity index (χ1n) is 5.54. The number of methoxy groups -OCH3 is 1. The molecular formula is C13H15F2NO2. The van der Waals surface area contributed by atoms with Crippen molar-refractivity contribution < 1.29 is 18.3 Å². The number of benzene rings is 1. The molecule has 3 nitrogen and oxygen atoms in total. The highest BCUT2D eigenvalue weighted by atomic mass is 19.1. The molecule has 0 atom stereocenters. The van der Waals surface area contributed by atoms with Gasteiger partial charge in [0, 0.05) is 18.2 Å². The third kappa shape index (κ3) is 3.84. The number of hydrogen-bond acceptors (Lipinski definition) is 3. The Hall–Kier alpha value is -1.91. The monoisotopic (exact) mass is 255 g/mol. The average Bonchev–Trinajstić information content (AvgIpc) is 2.36. The summed E-state index contributed by atoms with van der Waals surface area (Å²) in [7, 11) is 1.30. The maximum atomic E-state index is 13.3. The first-order valence-corrected chi connectivity index (χ1v) is 5.54. The Morgan fingerprint density at radius 1 is 1.44 bits per heavy atom. The maximum absolute atomic E-state index is 13.3. The molecule has 1 rings (SSSR count). The maximum Gasteiger partial charge on any atom is 0.333 e. The Labute approximate surface area is 104 Å². The lowest BCUT2D eigenvalue weighted by Gasteiger charge is -2.06. The molecule has 0 amide bonds. The van der Waals surface area contributed by atoms with E-state index in [1.165, 1.54) is 13.2 Å². The molecule has 0 fully saturated rings. The minimum atomic E-state index is -0.667. The van der Waals surface area contributed by atoms with E-state index >= 15 is 0 Å². The molecule has 0 unspecified atom stereocenters. The van der Waals surface area contributed by atoms with Crippen LogP contribution in [0.2, 0.25) is 0 Å². The van der Waals surface area contributed by atoms with E-state index in [1.807, 2.05) is 6.92 Å². The van der Waals surface area contributed by atoms with Crippen molar-refractivity contribution in [3.63, 3.8) is 0 Å². The van der Waals surface area contributed by atoms with Gasteiger partial charge in [0.25, 0.3) is 0 Å². The largest absolute Gasteiger partial charge is 0.466 e. The molecule has 0 bridgehead atoms. The van der Waals surface area contributed by atoms with E-state index in [4.69, 9.17) is 0 Å². The second-order valence-corrected chi connectivity index (χ2v) is 3.58. The summed E-state index contributed by atoms with van der Waals surface area (Å²) < 4.78 is 30.5. The van der Waals surface area contributed by atoms with Crippen molar-refractivity contribution in [1.29, 1.82) is 0 Å². The van der Waals surface area contributed by atoms with Crippen LogP contribution in [0.15, 0.2) is 29.8 Å². The molecule has 0 saturated carbocycles. The fourth-order valence-corrected chi connectivity index (χ4v) is 1.42. The van der Waals surface area contributed by atoms with Crippen molar-refractivity contribution in [3.8, 4) is 0 Å². The van der Waals surface area contributed by atoms with E-state index in [0.717, 1.165) is 12.1 Å². The summed E-state index contributed by atoms with van der Waals surface area (Å²) in [6.45, 7) is 2.09. The number of ether oxygens (including phenoxy) is 1. The van der Waals surface area contributed by atoms with Crippen molar-refractivity contribution >= 4 is 11.7 Å². The van der Waals surface area contributed by atoms with Crippen molar-refractivity contribution in [2.75, 3.05) is 19.0 Å². The quantitative estimate of drug-likeness (QED) is 0.649. The number of rotatable bonds is 5. The third-order valence-corrected chi connectivity index (χ3v) is 2.40. The topological polar surface area (TPSA) is 38.3 Å². The van der Waals surface area contributed by atoms with Gasteiger partial charge in [0.2, 0.25) is 0 Å². The standard InChI is InChI=1S/C13H15F2NO2/c1-3-9(13(17)18-2)6-7-16-12-5-4-10(14)8-11(12)15/h4-6,8,16H,3,7H2,1-2H3/b9-6-. The van der Waals surface area contributed by atoms with Gasteiger partial charge < -0.3 is 10.1 Å². The predicted octanol–water partition coefficient (Wildman–Crippen LogP) is 2.89. The first-order chi connectivity index (χ1) is 8.58. The highest BCUT2D eigenvalue weighted by molar-refractivity contribution is 5.88. The Morgan fingerprint density at radius 2 is 2.17 bits per heavy atom. The number of carbonyl (C=O) groups is 1. The van der Waals surface area contributed by atoms with Gasteiger partial charge in [-0.2, -0.15) is 0 Å². The molecule has 0 aromatic heterocycles. The van der Waals surface area contributed by atoms with E-state index in [2.05, 4.69) is 10.1 Å². The predicted molar refractivity (Wildman–Crippen MR) is 65.2 cm³/mol. The van der Waals surface area contributed by atoms with E-state index in [-0.39, 0.29) is 12.2 Å². The van der Waals surface area contributed by atoms with Gasteiger partial charge in [-0.1, -0.05) is 13.0 Å². The van der Waals surface area contributed by atoms with Gasteiger partial charge in [-0.05, 0) is 18.6 Å². The van der Waals surface area contributed by atoms with Gasteiger partial charge in [0.1, 0.15) is 11.6 Å². The summed E-state index contributed by atoms with van der Waals surface area (Å²) in [5.41, 5.74) is 0.695. The number of esters is 1. The minimum absolute atomic E-state index is 0.188. The molecular weight excluding hydrogens is 240 g/mol. The van der Waals surface area contributed by atoms with Crippen molar-refractivity contribution in [3.05, 3.63) is 41.5 Å². The number of carbonyl (C=O) groups excluding carboxylic acids is 1. The lowest BCUT2D eigenvalue weighted by molar-refractivity contribution is -0.136. The molecule has 0 heterocycles. The molecule has 0 saturated heterocycles. The van der Waals surface area contributed by atoms with E-state index in [9.17, 15) is 13.6 Å². The van der Waals surface area contributed by atoms with Crippen LogP contribution in [-0.2, 0) is 9.53 Å². The second kappa shape index (κ2) is 6.74. The molecule has 0 aliphatic carbocycles. The normalized spacial score (nSPS) is 11.2. The third-order valence-electron chi connectivity index (χ3n) is 2.40. The summed E-state index contributed by atoms with van der Waals surface area (Å²) >= 11 is 0. The smallest absolute Gasteiger partial charge is 0.333 e. The van der Waals surface area contributed by atoms with Gasteiger partial charge in [-0.15, -0.1) is 0 Å². The molecule has 1 N–H and O–H groups in total. The Morgan fingerprint density at radius 3 is 2.72 bits per heavy atom. The molecule has 0 aliphatic heterocycles. The van der Waals surface area contributed by atoms with Crippen LogP contribution in [0.25, 0.3) is 0 Å². The van der Waals surface area contributed by atoms with E-state index < -0.39 is 17.6 Å². The Kier molecular flexibility index (Phi) is 5.30. The van der Waals surface area contributed by atoms with Crippen LogP contribution in [-0.4, -0.2) is 19.6 Å². The zero-order chi connectivity index (χ0) is 13.5. The summed E-state index contributed by atoms with van der Waals surface area (Å²) in [6.07, 6.45) is 2.15. The van der Waals surface area contributed by atoms with Crippen molar-refractivity contribution in [2.45, 2.75) is 13.3 Å². The highest BCUT2D eigenvalue weighted by Gasteiger charge is 2.06. The molecule has 0 aliphatic rings. The average molecular weight is 255 g/mol. The zero-order valence-corrected chi connectivity index (χ0v) is 10.3. The van der Waals surface area contributed by atoms with Crippen molar-refractivity contribution in [1.82, 2.24) is 0 Å². The zero-order valence-electron chi connectivity index (χ0n) is 10.3. The lowest BCUT2D eigenvalue weighted by Crippen LogP contribution is -2.08. The van der Waals surface area contributed by atoms with Crippen LogP contribution < -0.4 is 5.32 Å². The number of hydrogen-bond donors (Lipinski definition) is 1. The molecule has 5 heteroatoms. The van der Waals surface area contributed by atoms with Gasteiger partial charge in [-0.25, -0.2) is 13.6 Å². The van der Waals surface area contributed by atoms with E-state index in [0.29, 0.717) is 12.0 Å². The van der Waals surface area contributed by atoms with Crippen LogP contribution in [0.4, 0.5) is 14.5 Å². The fourth-order valence-electron chi connectivity index (χ4n) is 1.42. The number of nitrogens with one attached hydrogen (secondary N) is 1. The minimum Gasteiger partial charge on any atom is -0.466 e. The molecule has 98 valence electrons. The Balaban J connectivity index is 2.65. The highest BCUT2D eigenvalue weighted by Crippen LogP contribution is 2.14. The van der Waals surface area contributed by atoms with Gasteiger partial charge >= 0.3 is 5.97 Å². The van der Waals surface area contributed by atoms with Crippen LogP contribution in [0.5, 0.6) is 0 Å². The Bertz CT molecular complexity index is 458. The van der Waals surface area contributed by atoms with Crippen LogP contribution >= 0.6 is 0 Å². The summed E-state index contributed by atoms with van der Waals surface area (Å²) in [5, 5.41) is 2.76.